The zero-order valence-electron chi connectivity index (χ0n) is 7.38. The molecule has 2 rings (SSSR count). The van der Waals surface area contributed by atoms with Gasteiger partial charge in [0.1, 0.15) is 0 Å². The summed E-state index contributed by atoms with van der Waals surface area (Å²) in [5.41, 5.74) is 0. The fourth-order valence-electron chi connectivity index (χ4n) is 2.50. The molecule has 2 fully saturated rings. The second-order valence-corrected chi connectivity index (χ2v) is 4.11. The van der Waals surface area contributed by atoms with E-state index in [0.717, 1.165) is 5.92 Å². The standard InChI is InChI=1S/C10H18O/c1-8-6-7-9-4-2-3-5-10(9)11-8/h8-10H,2-7H2,1H3. The van der Waals surface area contributed by atoms with Crippen molar-refractivity contribution in [2.75, 3.05) is 0 Å². The number of hydrogen-bond acceptors (Lipinski definition) is 1. The molecule has 11 heavy (non-hydrogen) atoms. The van der Waals surface area contributed by atoms with Gasteiger partial charge in [-0.05, 0) is 38.5 Å². The second kappa shape index (κ2) is 3.14. The van der Waals surface area contributed by atoms with E-state index in [1.165, 1.54) is 38.5 Å². The third-order valence-corrected chi connectivity index (χ3v) is 3.19. The van der Waals surface area contributed by atoms with E-state index in [2.05, 4.69) is 6.92 Å². The Morgan fingerprint density at radius 2 is 1.82 bits per heavy atom. The maximum absolute atomic E-state index is 5.89. The van der Waals surface area contributed by atoms with Crippen LogP contribution in [0, 0.1) is 5.92 Å². The highest BCUT2D eigenvalue weighted by atomic mass is 16.5. The van der Waals surface area contributed by atoms with Gasteiger partial charge < -0.3 is 4.74 Å². The number of ether oxygens (including phenoxy) is 1. The first-order valence-corrected chi connectivity index (χ1v) is 5.02. The van der Waals surface area contributed by atoms with Gasteiger partial charge in [0.05, 0.1) is 12.2 Å². The number of hydrogen-bond donors (Lipinski definition) is 0. The van der Waals surface area contributed by atoms with Gasteiger partial charge in [-0.1, -0.05) is 12.8 Å². The molecule has 1 aliphatic carbocycles. The molecule has 0 N–H and O–H groups in total. The van der Waals surface area contributed by atoms with Gasteiger partial charge in [0.15, 0.2) is 0 Å². The van der Waals surface area contributed by atoms with Gasteiger partial charge in [0.2, 0.25) is 0 Å². The molecule has 0 aromatic heterocycles. The molecule has 0 aromatic rings. The van der Waals surface area contributed by atoms with Gasteiger partial charge in [0, 0.05) is 0 Å². The fourth-order valence-corrected chi connectivity index (χ4v) is 2.50. The minimum atomic E-state index is 0.536. The molecule has 2 aliphatic rings. The number of rotatable bonds is 0. The van der Waals surface area contributed by atoms with E-state index in [-0.39, 0.29) is 0 Å². The maximum atomic E-state index is 5.89. The minimum absolute atomic E-state index is 0.536. The summed E-state index contributed by atoms with van der Waals surface area (Å²) in [6.07, 6.45) is 9.48. The Balaban J connectivity index is 1.93. The smallest absolute Gasteiger partial charge is 0.0606 e. The van der Waals surface area contributed by atoms with Crippen LogP contribution < -0.4 is 0 Å². The van der Waals surface area contributed by atoms with E-state index < -0.39 is 0 Å². The van der Waals surface area contributed by atoms with Crippen molar-refractivity contribution in [3.63, 3.8) is 0 Å². The summed E-state index contributed by atoms with van der Waals surface area (Å²) in [6, 6.07) is 0. The van der Waals surface area contributed by atoms with Crippen LogP contribution in [0.25, 0.3) is 0 Å². The Labute approximate surface area is 69.1 Å². The monoisotopic (exact) mass is 154 g/mol. The number of fused-ring (bicyclic) bond motifs is 1. The summed E-state index contributed by atoms with van der Waals surface area (Å²) in [6.45, 7) is 2.21. The van der Waals surface area contributed by atoms with E-state index in [4.69, 9.17) is 4.74 Å². The molecule has 3 unspecified atom stereocenters. The van der Waals surface area contributed by atoms with Gasteiger partial charge >= 0.3 is 0 Å². The summed E-state index contributed by atoms with van der Waals surface area (Å²) >= 11 is 0. The minimum Gasteiger partial charge on any atom is -0.375 e. The molecule has 1 heteroatoms. The molecule has 0 bridgehead atoms. The molecular formula is C10H18O. The zero-order chi connectivity index (χ0) is 7.68. The van der Waals surface area contributed by atoms with Crippen LogP contribution in [0.1, 0.15) is 45.4 Å². The van der Waals surface area contributed by atoms with Crippen LogP contribution >= 0.6 is 0 Å². The van der Waals surface area contributed by atoms with Crippen molar-refractivity contribution in [1.82, 2.24) is 0 Å². The molecule has 1 nitrogen and oxygen atoms in total. The van der Waals surface area contributed by atoms with Gasteiger partial charge in [0.25, 0.3) is 0 Å². The Bertz CT molecular complexity index is 133. The first-order chi connectivity index (χ1) is 5.36. The molecule has 3 atom stereocenters. The van der Waals surface area contributed by atoms with Crippen LogP contribution in [0.2, 0.25) is 0 Å². The van der Waals surface area contributed by atoms with Crippen molar-refractivity contribution in [1.29, 1.82) is 0 Å². The first-order valence-electron chi connectivity index (χ1n) is 5.02. The van der Waals surface area contributed by atoms with Crippen LogP contribution in [0.5, 0.6) is 0 Å². The average Bonchev–Trinajstić information content (AvgIpc) is 2.04. The van der Waals surface area contributed by atoms with Crippen molar-refractivity contribution in [2.24, 2.45) is 5.92 Å². The van der Waals surface area contributed by atoms with Crippen LogP contribution in [0.4, 0.5) is 0 Å². The SMILES string of the molecule is CC1CCC2CCCCC2O1. The molecule has 1 saturated heterocycles. The highest BCUT2D eigenvalue weighted by Gasteiger charge is 2.30. The van der Waals surface area contributed by atoms with Crippen molar-refractivity contribution < 1.29 is 4.74 Å². The highest BCUT2D eigenvalue weighted by Crippen LogP contribution is 2.35. The van der Waals surface area contributed by atoms with Gasteiger partial charge in [-0.25, -0.2) is 0 Å². The van der Waals surface area contributed by atoms with E-state index >= 15 is 0 Å². The topological polar surface area (TPSA) is 9.23 Å². The van der Waals surface area contributed by atoms with Gasteiger partial charge in [-0.15, -0.1) is 0 Å². The largest absolute Gasteiger partial charge is 0.375 e. The summed E-state index contributed by atoms with van der Waals surface area (Å²) < 4.78 is 5.89. The van der Waals surface area contributed by atoms with Crippen LogP contribution in [-0.2, 0) is 4.74 Å². The Morgan fingerprint density at radius 1 is 1.00 bits per heavy atom. The summed E-state index contributed by atoms with van der Waals surface area (Å²) in [5.74, 6) is 0.917. The van der Waals surface area contributed by atoms with Gasteiger partial charge in [-0.3, -0.25) is 0 Å². The molecule has 0 spiro atoms. The third-order valence-electron chi connectivity index (χ3n) is 3.19. The molecule has 0 amide bonds. The first kappa shape index (κ1) is 7.60. The van der Waals surface area contributed by atoms with E-state index in [1.54, 1.807) is 0 Å². The van der Waals surface area contributed by atoms with Crippen molar-refractivity contribution >= 4 is 0 Å². The molecule has 0 radical (unpaired) electrons. The Kier molecular flexibility index (Phi) is 2.17. The summed E-state index contributed by atoms with van der Waals surface area (Å²) in [5, 5.41) is 0. The molecular weight excluding hydrogens is 136 g/mol. The third kappa shape index (κ3) is 1.58. The summed E-state index contributed by atoms with van der Waals surface area (Å²) in [7, 11) is 0. The molecule has 1 heterocycles. The lowest BCUT2D eigenvalue weighted by molar-refractivity contribution is -0.0906. The zero-order valence-corrected chi connectivity index (χ0v) is 7.38. The molecule has 0 aromatic carbocycles. The Morgan fingerprint density at radius 3 is 2.73 bits per heavy atom. The predicted octanol–water partition coefficient (Wildman–Crippen LogP) is 2.74. The maximum Gasteiger partial charge on any atom is 0.0606 e. The quantitative estimate of drug-likeness (QED) is 0.521. The van der Waals surface area contributed by atoms with Crippen LogP contribution in [0.15, 0.2) is 0 Å². The normalized spacial score (nSPS) is 45.0. The molecule has 1 saturated carbocycles. The lowest BCUT2D eigenvalue weighted by atomic mass is 9.81. The van der Waals surface area contributed by atoms with E-state index in [0.29, 0.717) is 12.2 Å². The summed E-state index contributed by atoms with van der Waals surface area (Å²) in [4.78, 5) is 0. The van der Waals surface area contributed by atoms with Crippen molar-refractivity contribution in [3.8, 4) is 0 Å². The predicted molar refractivity (Wildman–Crippen MR) is 45.5 cm³/mol. The fraction of sp³-hybridized carbons (Fsp3) is 1.00. The van der Waals surface area contributed by atoms with Gasteiger partial charge in [-0.2, -0.15) is 0 Å². The van der Waals surface area contributed by atoms with E-state index in [9.17, 15) is 0 Å². The van der Waals surface area contributed by atoms with E-state index in [1.807, 2.05) is 0 Å². The lowest BCUT2D eigenvalue weighted by Gasteiger charge is -2.38. The highest BCUT2D eigenvalue weighted by molar-refractivity contribution is 4.80. The van der Waals surface area contributed by atoms with Crippen molar-refractivity contribution in [3.05, 3.63) is 0 Å². The molecule has 64 valence electrons. The lowest BCUT2D eigenvalue weighted by Crippen LogP contribution is -2.35. The average molecular weight is 154 g/mol. The van der Waals surface area contributed by atoms with Crippen LogP contribution in [-0.4, -0.2) is 12.2 Å². The molecule has 1 aliphatic heterocycles. The Hall–Kier alpha value is -0.0400. The van der Waals surface area contributed by atoms with Crippen molar-refractivity contribution in [2.45, 2.75) is 57.7 Å². The second-order valence-electron chi connectivity index (χ2n) is 4.11. The van der Waals surface area contributed by atoms with Crippen LogP contribution in [0.3, 0.4) is 0 Å².